The molecule has 0 unspecified atom stereocenters. The van der Waals surface area contributed by atoms with Gasteiger partial charge in [0.25, 0.3) is 0 Å². The predicted octanol–water partition coefficient (Wildman–Crippen LogP) is 0.749. The number of carbonyl (C=O) groups is 2. The molecule has 1 aliphatic heterocycles. The lowest BCUT2D eigenvalue weighted by Crippen LogP contribution is -2.27. The summed E-state index contributed by atoms with van der Waals surface area (Å²) >= 11 is 0. The minimum Gasteiger partial charge on any atom is -0.311 e. The first-order valence-electron chi connectivity index (χ1n) is 4.87. The Morgan fingerprint density at radius 3 is 2.82 bits per heavy atom. The predicted molar refractivity (Wildman–Crippen MR) is 55.1 cm³/mol. The van der Waals surface area contributed by atoms with E-state index in [1.807, 2.05) is 0 Å². The van der Waals surface area contributed by atoms with Crippen LogP contribution in [0.2, 0.25) is 0 Å². The van der Waals surface area contributed by atoms with E-state index in [0.717, 1.165) is 0 Å². The summed E-state index contributed by atoms with van der Waals surface area (Å²) < 4.78 is 13.1. The van der Waals surface area contributed by atoms with Gasteiger partial charge in [0.05, 0.1) is 5.56 Å². The van der Waals surface area contributed by atoms with E-state index in [0.29, 0.717) is 5.56 Å². The Labute approximate surface area is 96.4 Å². The first-order valence-corrected chi connectivity index (χ1v) is 4.87. The van der Waals surface area contributed by atoms with Gasteiger partial charge in [-0.25, -0.2) is 9.18 Å². The minimum absolute atomic E-state index is 0.0158. The van der Waals surface area contributed by atoms with Crippen LogP contribution in [0.25, 0.3) is 0 Å². The first kappa shape index (κ1) is 11.1. The summed E-state index contributed by atoms with van der Waals surface area (Å²) in [7, 11) is 0. The lowest BCUT2D eigenvalue weighted by molar-refractivity contribution is -0.118. The molecule has 3 amide bonds. The topological polar surface area (TPSA) is 73.2 Å². The van der Waals surface area contributed by atoms with Crippen molar-refractivity contribution in [3.05, 3.63) is 35.1 Å². The van der Waals surface area contributed by atoms with E-state index >= 15 is 0 Å². The fourth-order valence-electron chi connectivity index (χ4n) is 1.59. The molecule has 0 aliphatic carbocycles. The van der Waals surface area contributed by atoms with E-state index in [9.17, 15) is 14.0 Å². The number of rotatable bonds is 2. The largest absolute Gasteiger partial charge is 0.324 e. The van der Waals surface area contributed by atoms with Crippen LogP contribution in [-0.4, -0.2) is 23.4 Å². The molecule has 1 heterocycles. The quantitative estimate of drug-likeness (QED) is 0.766. The molecule has 1 N–H and O–H groups in total. The van der Waals surface area contributed by atoms with Crippen molar-refractivity contribution in [2.75, 3.05) is 6.54 Å². The van der Waals surface area contributed by atoms with Crippen LogP contribution in [0.5, 0.6) is 0 Å². The zero-order valence-corrected chi connectivity index (χ0v) is 8.74. The van der Waals surface area contributed by atoms with Crippen LogP contribution >= 0.6 is 0 Å². The lowest BCUT2D eigenvalue weighted by atomic mass is 10.1. The van der Waals surface area contributed by atoms with E-state index in [1.54, 1.807) is 6.07 Å². The highest BCUT2D eigenvalue weighted by Gasteiger charge is 2.26. The zero-order chi connectivity index (χ0) is 12.4. The highest BCUT2D eigenvalue weighted by atomic mass is 19.1. The number of benzene rings is 1. The molecule has 0 saturated carbocycles. The smallest absolute Gasteiger partial charge is 0.311 e. The number of nitriles is 1. The van der Waals surface area contributed by atoms with Crippen molar-refractivity contribution >= 4 is 11.9 Å². The maximum Gasteiger partial charge on any atom is 0.324 e. The molecule has 1 aromatic rings. The lowest BCUT2D eigenvalue weighted by Gasteiger charge is -2.13. The maximum atomic E-state index is 13.1. The summed E-state index contributed by atoms with van der Waals surface area (Å²) in [5, 5.41) is 10.8. The van der Waals surface area contributed by atoms with Gasteiger partial charge < -0.3 is 4.90 Å². The van der Waals surface area contributed by atoms with Crippen molar-refractivity contribution in [1.82, 2.24) is 10.2 Å². The summed E-state index contributed by atoms with van der Waals surface area (Å²) in [5.74, 6) is -0.962. The van der Waals surface area contributed by atoms with Crippen LogP contribution in [-0.2, 0) is 11.3 Å². The van der Waals surface area contributed by atoms with Gasteiger partial charge in [-0.2, -0.15) is 5.26 Å². The Morgan fingerprint density at radius 2 is 2.24 bits per heavy atom. The van der Waals surface area contributed by atoms with Gasteiger partial charge in [0.2, 0.25) is 5.91 Å². The first-order chi connectivity index (χ1) is 8.10. The van der Waals surface area contributed by atoms with Crippen molar-refractivity contribution in [1.29, 1.82) is 5.26 Å². The molecular formula is C11H8FN3O2. The van der Waals surface area contributed by atoms with Crippen LogP contribution in [0, 0.1) is 17.1 Å². The fraction of sp³-hybridized carbons (Fsp3) is 0.182. The summed E-state index contributed by atoms with van der Waals surface area (Å²) in [4.78, 5) is 23.5. The van der Waals surface area contributed by atoms with Crippen molar-refractivity contribution in [2.24, 2.45) is 0 Å². The number of amides is 3. The van der Waals surface area contributed by atoms with E-state index < -0.39 is 11.8 Å². The third-order valence-electron chi connectivity index (χ3n) is 2.39. The summed E-state index contributed by atoms with van der Waals surface area (Å²) in [6, 6.07) is 5.26. The van der Waals surface area contributed by atoms with Crippen molar-refractivity contribution in [3.63, 3.8) is 0 Å². The SMILES string of the molecule is N#Cc1cc(CN2CC(=O)NC2=O)ccc1F. The Bertz CT molecular complexity index is 536. The molecule has 0 spiro atoms. The van der Waals surface area contributed by atoms with Crippen molar-refractivity contribution in [2.45, 2.75) is 6.54 Å². The zero-order valence-electron chi connectivity index (χ0n) is 8.74. The average Bonchev–Trinajstić information content (AvgIpc) is 2.60. The van der Waals surface area contributed by atoms with Gasteiger partial charge >= 0.3 is 6.03 Å². The average molecular weight is 233 g/mol. The molecule has 6 heteroatoms. The molecule has 1 fully saturated rings. The molecule has 0 aromatic heterocycles. The normalized spacial score (nSPS) is 14.7. The van der Waals surface area contributed by atoms with Gasteiger partial charge in [0, 0.05) is 6.54 Å². The number of hydrogen-bond donors (Lipinski definition) is 1. The van der Waals surface area contributed by atoms with Crippen LogP contribution in [0.1, 0.15) is 11.1 Å². The second-order valence-electron chi connectivity index (χ2n) is 3.64. The molecule has 2 rings (SSSR count). The number of urea groups is 1. The van der Waals surface area contributed by atoms with E-state index in [2.05, 4.69) is 5.32 Å². The molecule has 0 atom stereocenters. The molecule has 1 saturated heterocycles. The van der Waals surface area contributed by atoms with Gasteiger partial charge in [-0.15, -0.1) is 0 Å². The molecule has 86 valence electrons. The van der Waals surface area contributed by atoms with Crippen molar-refractivity contribution < 1.29 is 14.0 Å². The number of halogens is 1. The fourth-order valence-corrected chi connectivity index (χ4v) is 1.59. The number of hydrogen-bond acceptors (Lipinski definition) is 3. The molecular weight excluding hydrogens is 225 g/mol. The van der Waals surface area contributed by atoms with Crippen LogP contribution < -0.4 is 5.32 Å². The molecule has 17 heavy (non-hydrogen) atoms. The highest BCUT2D eigenvalue weighted by molar-refractivity contribution is 6.01. The maximum absolute atomic E-state index is 13.1. The van der Waals surface area contributed by atoms with Gasteiger partial charge in [-0.3, -0.25) is 10.1 Å². The van der Waals surface area contributed by atoms with E-state index in [1.165, 1.54) is 23.1 Å². The van der Waals surface area contributed by atoms with Gasteiger partial charge in [-0.05, 0) is 17.7 Å². The molecule has 1 aliphatic rings. The monoisotopic (exact) mass is 233 g/mol. The Hall–Kier alpha value is -2.42. The Balaban J connectivity index is 2.17. The second-order valence-corrected chi connectivity index (χ2v) is 3.64. The minimum atomic E-state index is -0.599. The third-order valence-corrected chi connectivity index (χ3v) is 2.39. The second kappa shape index (κ2) is 4.22. The van der Waals surface area contributed by atoms with E-state index in [-0.39, 0.29) is 24.6 Å². The highest BCUT2D eigenvalue weighted by Crippen LogP contribution is 2.13. The van der Waals surface area contributed by atoms with Gasteiger partial charge in [-0.1, -0.05) is 6.07 Å². The Morgan fingerprint density at radius 1 is 1.47 bits per heavy atom. The van der Waals surface area contributed by atoms with Crippen LogP contribution in [0.15, 0.2) is 18.2 Å². The van der Waals surface area contributed by atoms with E-state index in [4.69, 9.17) is 5.26 Å². The molecule has 1 aromatic carbocycles. The standard InChI is InChI=1S/C11H8FN3O2/c12-9-2-1-7(3-8(9)4-13)5-15-6-10(16)14-11(15)17/h1-3H,5-6H2,(H,14,16,17). The Kier molecular flexibility index (Phi) is 2.75. The molecule has 0 radical (unpaired) electrons. The molecule has 5 nitrogen and oxygen atoms in total. The summed E-state index contributed by atoms with van der Waals surface area (Å²) in [5.41, 5.74) is 0.529. The summed E-state index contributed by atoms with van der Waals surface area (Å²) in [6.07, 6.45) is 0. The van der Waals surface area contributed by atoms with Crippen LogP contribution in [0.3, 0.4) is 0 Å². The number of imide groups is 1. The van der Waals surface area contributed by atoms with Gasteiger partial charge in [0.15, 0.2) is 0 Å². The number of nitrogens with one attached hydrogen (secondary N) is 1. The van der Waals surface area contributed by atoms with Gasteiger partial charge in [0.1, 0.15) is 18.4 Å². The third kappa shape index (κ3) is 2.23. The number of carbonyl (C=O) groups excluding carboxylic acids is 2. The molecule has 0 bridgehead atoms. The van der Waals surface area contributed by atoms with Crippen molar-refractivity contribution in [3.8, 4) is 6.07 Å². The van der Waals surface area contributed by atoms with Crippen LogP contribution in [0.4, 0.5) is 9.18 Å². The number of nitrogens with zero attached hydrogens (tertiary/aromatic N) is 2. The summed E-state index contributed by atoms with van der Waals surface area (Å²) in [6.45, 7) is 0.157.